The Hall–Kier alpha value is -3.03. The zero-order valence-electron chi connectivity index (χ0n) is 11.2. The smallest absolute Gasteiger partial charge is 0.292 e. The lowest BCUT2D eigenvalue weighted by molar-refractivity contribution is -0.384. The number of aromatic nitrogens is 2. The SMILES string of the molecule is Cc1cnc(CNc2cc(C(N)=O)ccc2[N+](=O)[O-])cn1. The number of hydrogen-bond donors (Lipinski definition) is 2. The Kier molecular flexibility index (Phi) is 4.07. The van der Waals surface area contributed by atoms with Crippen LogP contribution in [0.1, 0.15) is 21.7 Å². The van der Waals surface area contributed by atoms with Gasteiger partial charge in [-0.2, -0.15) is 0 Å². The molecule has 8 nitrogen and oxygen atoms in total. The molecule has 1 aromatic carbocycles. The molecule has 0 saturated heterocycles. The summed E-state index contributed by atoms with van der Waals surface area (Å²) in [5.41, 5.74) is 6.84. The number of nitro groups is 1. The largest absolute Gasteiger partial charge is 0.374 e. The van der Waals surface area contributed by atoms with Crippen molar-refractivity contribution in [2.24, 2.45) is 5.73 Å². The number of nitrogens with two attached hydrogens (primary N) is 1. The Bertz CT molecular complexity index is 685. The van der Waals surface area contributed by atoms with Crippen LogP contribution in [0.25, 0.3) is 0 Å². The van der Waals surface area contributed by atoms with Crippen LogP contribution in [0.5, 0.6) is 0 Å². The fourth-order valence-electron chi connectivity index (χ4n) is 1.69. The van der Waals surface area contributed by atoms with Gasteiger partial charge in [-0.1, -0.05) is 0 Å². The topological polar surface area (TPSA) is 124 Å². The fourth-order valence-corrected chi connectivity index (χ4v) is 1.69. The number of carbonyl (C=O) groups is 1. The van der Waals surface area contributed by atoms with Gasteiger partial charge in [0.2, 0.25) is 5.91 Å². The van der Waals surface area contributed by atoms with E-state index in [1.165, 1.54) is 18.2 Å². The zero-order chi connectivity index (χ0) is 15.4. The molecule has 2 rings (SSSR count). The molecule has 21 heavy (non-hydrogen) atoms. The van der Waals surface area contributed by atoms with E-state index in [4.69, 9.17) is 5.73 Å². The molecular formula is C13H13N5O3. The second-order valence-corrected chi connectivity index (χ2v) is 4.36. The summed E-state index contributed by atoms with van der Waals surface area (Å²) < 4.78 is 0. The Morgan fingerprint density at radius 1 is 1.38 bits per heavy atom. The summed E-state index contributed by atoms with van der Waals surface area (Å²) in [4.78, 5) is 29.8. The lowest BCUT2D eigenvalue weighted by Crippen LogP contribution is -2.12. The van der Waals surface area contributed by atoms with E-state index in [2.05, 4.69) is 15.3 Å². The van der Waals surface area contributed by atoms with Crippen molar-refractivity contribution >= 4 is 17.3 Å². The van der Waals surface area contributed by atoms with Gasteiger partial charge in [0, 0.05) is 17.8 Å². The Morgan fingerprint density at radius 2 is 2.14 bits per heavy atom. The number of amides is 1. The number of primary amides is 1. The zero-order valence-corrected chi connectivity index (χ0v) is 11.2. The van der Waals surface area contributed by atoms with Gasteiger partial charge in [0.25, 0.3) is 5.69 Å². The summed E-state index contributed by atoms with van der Waals surface area (Å²) in [5.74, 6) is -0.650. The number of nitro benzene ring substituents is 1. The second kappa shape index (κ2) is 5.95. The maximum absolute atomic E-state index is 11.1. The number of aryl methyl sites for hydroxylation is 1. The molecule has 0 aliphatic heterocycles. The van der Waals surface area contributed by atoms with Gasteiger partial charge in [0.1, 0.15) is 5.69 Å². The molecule has 8 heteroatoms. The molecular weight excluding hydrogens is 274 g/mol. The van der Waals surface area contributed by atoms with Crippen LogP contribution >= 0.6 is 0 Å². The molecule has 1 aromatic heterocycles. The molecule has 3 N–H and O–H groups in total. The molecule has 0 aliphatic carbocycles. The summed E-state index contributed by atoms with van der Waals surface area (Å²) in [7, 11) is 0. The van der Waals surface area contributed by atoms with Gasteiger partial charge in [-0.3, -0.25) is 24.9 Å². The third-order valence-corrected chi connectivity index (χ3v) is 2.77. The highest BCUT2D eigenvalue weighted by Gasteiger charge is 2.15. The van der Waals surface area contributed by atoms with E-state index in [-0.39, 0.29) is 23.5 Å². The van der Waals surface area contributed by atoms with Crippen molar-refractivity contribution in [3.05, 3.63) is 57.7 Å². The van der Waals surface area contributed by atoms with Gasteiger partial charge < -0.3 is 11.1 Å². The Balaban J connectivity index is 2.24. The monoisotopic (exact) mass is 287 g/mol. The van der Waals surface area contributed by atoms with E-state index in [0.717, 1.165) is 5.69 Å². The molecule has 108 valence electrons. The standard InChI is InChI=1S/C13H13N5O3/c1-8-5-16-10(6-15-8)7-17-11-4-9(13(14)19)2-3-12(11)18(20)21/h2-6,17H,7H2,1H3,(H2,14,19). The summed E-state index contributed by atoms with van der Waals surface area (Å²) in [5, 5.41) is 13.9. The van der Waals surface area contributed by atoms with Crippen LogP contribution in [0.3, 0.4) is 0 Å². The van der Waals surface area contributed by atoms with Gasteiger partial charge in [-0.15, -0.1) is 0 Å². The van der Waals surface area contributed by atoms with Gasteiger partial charge in [-0.05, 0) is 19.1 Å². The van der Waals surface area contributed by atoms with Crippen LogP contribution in [-0.2, 0) is 6.54 Å². The van der Waals surface area contributed by atoms with Crippen LogP contribution < -0.4 is 11.1 Å². The van der Waals surface area contributed by atoms with Crippen LogP contribution in [-0.4, -0.2) is 20.8 Å². The van der Waals surface area contributed by atoms with Crippen molar-refractivity contribution in [1.82, 2.24) is 9.97 Å². The van der Waals surface area contributed by atoms with Crippen LogP contribution in [0.15, 0.2) is 30.6 Å². The summed E-state index contributed by atoms with van der Waals surface area (Å²) in [6, 6.07) is 3.91. The second-order valence-electron chi connectivity index (χ2n) is 4.36. The molecule has 0 spiro atoms. The average Bonchev–Trinajstić information content (AvgIpc) is 2.46. The summed E-state index contributed by atoms with van der Waals surface area (Å²) >= 11 is 0. The Morgan fingerprint density at radius 3 is 2.71 bits per heavy atom. The van der Waals surface area contributed by atoms with Crippen molar-refractivity contribution in [3.63, 3.8) is 0 Å². The number of nitrogens with zero attached hydrogens (tertiary/aromatic N) is 3. The van der Waals surface area contributed by atoms with Crippen molar-refractivity contribution in [2.75, 3.05) is 5.32 Å². The maximum atomic E-state index is 11.1. The molecule has 1 heterocycles. The van der Waals surface area contributed by atoms with Gasteiger partial charge in [0.05, 0.1) is 29.1 Å². The average molecular weight is 287 g/mol. The molecule has 1 amide bonds. The number of carbonyl (C=O) groups excluding carboxylic acids is 1. The van der Waals surface area contributed by atoms with E-state index >= 15 is 0 Å². The van der Waals surface area contributed by atoms with Crippen molar-refractivity contribution < 1.29 is 9.72 Å². The van der Waals surface area contributed by atoms with Gasteiger partial charge in [-0.25, -0.2) is 0 Å². The minimum atomic E-state index is -0.650. The molecule has 0 bridgehead atoms. The first-order valence-corrected chi connectivity index (χ1v) is 6.07. The highest BCUT2D eigenvalue weighted by atomic mass is 16.6. The van der Waals surface area contributed by atoms with E-state index in [1.807, 2.05) is 6.92 Å². The molecule has 0 aliphatic rings. The predicted molar refractivity (Wildman–Crippen MR) is 75.7 cm³/mol. The van der Waals surface area contributed by atoms with Crippen molar-refractivity contribution in [2.45, 2.75) is 13.5 Å². The first-order valence-electron chi connectivity index (χ1n) is 6.07. The molecule has 0 unspecified atom stereocenters. The lowest BCUT2D eigenvalue weighted by atomic mass is 10.1. The lowest BCUT2D eigenvalue weighted by Gasteiger charge is -2.08. The quantitative estimate of drug-likeness (QED) is 0.632. The Labute approximate surface area is 120 Å². The molecule has 0 radical (unpaired) electrons. The van der Waals surface area contributed by atoms with Gasteiger partial charge in [0.15, 0.2) is 0 Å². The number of benzene rings is 1. The summed E-state index contributed by atoms with van der Waals surface area (Å²) in [6.07, 6.45) is 3.18. The number of hydrogen-bond acceptors (Lipinski definition) is 6. The van der Waals surface area contributed by atoms with E-state index in [1.54, 1.807) is 12.4 Å². The van der Waals surface area contributed by atoms with Crippen LogP contribution in [0.4, 0.5) is 11.4 Å². The first-order chi connectivity index (χ1) is 9.97. The van der Waals surface area contributed by atoms with Crippen LogP contribution in [0, 0.1) is 17.0 Å². The normalized spacial score (nSPS) is 10.1. The number of nitrogens with one attached hydrogen (secondary N) is 1. The van der Waals surface area contributed by atoms with E-state index in [0.29, 0.717) is 5.69 Å². The summed E-state index contributed by atoms with van der Waals surface area (Å²) in [6.45, 7) is 2.06. The minimum Gasteiger partial charge on any atom is -0.374 e. The molecule has 0 fully saturated rings. The van der Waals surface area contributed by atoms with E-state index < -0.39 is 10.8 Å². The third-order valence-electron chi connectivity index (χ3n) is 2.77. The first kappa shape index (κ1) is 14.4. The van der Waals surface area contributed by atoms with Crippen molar-refractivity contribution in [3.8, 4) is 0 Å². The fraction of sp³-hybridized carbons (Fsp3) is 0.154. The highest BCUT2D eigenvalue weighted by molar-refractivity contribution is 5.94. The maximum Gasteiger partial charge on any atom is 0.292 e. The van der Waals surface area contributed by atoms with Crippen molar-refractivity contribution in [1.29, 1.82) is 0 Å². The highest BCUT2D eigenvalue weighted by Crippen LogP contribution is 2.25. The number of anilines is 1. The molecule has 0 saturated carbocycles. The minimum absolute atomic E-state index is 0.139. The molecule has 2 aromatic rings. The van der Waals surface area contributed by atoms with E-state index in [9.17, 15) is 14.9 Å². The van der Waals surface area contributed by atoms with Gasteiger partial charge >= 0.3 is 0 Å². The van der Waals surface area contributed by atoms with Crippen LogP contribution in [0.2, 0.25) is 0 Å². The number of rotatable bonds is 5. The third kappa shape index (κ3) is 3.50. The predicted octanol–water partition coefficient (Wildman–Crippen LogP) is 1.40. The molecule has 0 atom stereocenters.